The molecular weight excluding hydrogens is 316 g/mol. The zero-order valence-electron chi connectivity index (χ0n) is 15.1. The Hall–Kier alpha value is -2.50. The van der Waals surface area contributed by atoms with Crippen LogP contribution in [0.1, 0.15) is 45.4 Å². The van der Waals surface area contributed by atoms with Gasteiger partial charge in [0, 0.05) is 31.4 Å². The molecule has 0 radical (unpaired) electrons. The smallest absolute Gasteiger partial charge is 0.321 e. The molecule has 1 fully saturated rings. The molecular formula is C19H26N4O2. The lowest BCUT2D eigenvalue weighted by atomic mass is 9.98. The van der Waals surface area contributed by atoms with Gasteiger partial charge in [0.25, 0.3) is 0 Å². The molecule has 6 nitrogen and oxygen atoms in total. The van der Waals surface area contributed by atoms with Crippen LogP contribution in [0.4, 0.5) is 10.5 Å². The number of benzene rings is 1. The molecule has 0 bridgehead atoms. The maximum Gasteiger partial charge on any atom is 0.321 e. The van der Waals surface area contributed by atoms with E-state index in [1.54, 1.807) is 6.20 Å². The predicted octanol–water partition coefficient (Wildman–Crippen LogP) is 4.00. The fourth-order valence-electron chi connectivity index (χ4n) is 3.07. The summed E-state index contributed by atoms with van der Waals surface area (Å²) in [4.78, 5) is 22.1. The van der Waals surface area contributed by atoms with Crippen LogP contribution in [-0.4, -0.2) is 39.6 Å². The maximum atomic E-state index is 12.7. The number of urea groups is 1. The molecule has 1 aromatic heterocycles. The Morgan fingerprint density at radius 3 is 2.88 bits per heavy atom. The van der Waals surface area contributed by atoms with Crippen molar-refractivity contribution in [1.29, 1.82) is 0 Å². The van der Waals surface area contributed by atoms with Crippen LogP contribution < -0.4 is 10.1 Å². The highest BCUT2D eigenvalue weighted by Crippen LogP contribution is 2.29. The largest absolute Gasteiger partial charge is 0.486 e. The molecule has 1 aliphatic rings. The lowest BCUT2D eigenvalue weighted by Crippen LogP contribution is -2.42. The molecule has 0 saturated carbocycles. The van der Waals surface area contributed by atoms with E-state index < -0.39 is 0 Å². The molecule has 134 valence electrons. The first kappa shape index (κ1) is 17.3. The van der Waals surface area contributed by atoms with Crippen molar-refractivity contribution in [3.8, 4) is 5.75 Å². The molecule has 2 heterocycles. The molecule has 0 spiro atoms. The SMILES string of the molecule is CC(C)(C)Oc1ccccc1NC(=O)N1CCC[C@@H](c2ncc[nH]2)C1. The summed E-state index contributed by atoms with van der Waals surface area (Å²) in [6.45, 7) is 7.39. The van der Waals surface area contributed by atoms with E-state index in [2.05, 4.69) is 15.3 Å². The van der Waals surface area contributed by atoms with Gasteiger partial charge < -0.3 is 19.9 Å². The Balaban J connectivity index is 1.68. The number of likely N-dealkylation sites (tertiary alicyclic amines) is 1. The second-order valence-corrected chi connectivity index (χ2v) is 7.40. The van der Waals surface area contributed by atoms with Gasteiger partial charge in [0.1, 0.15) is 17.2 Å². The molecule has 1 atom stereocenters. The quantitative estimate of drug-likeness (QED) is 0.886. The number of anilines is 1. The molecule has 1 aliphatic heterocycles. The summed E-state index contributed by atoms with van der Waals surface area (Å²) in [7, 11) is 0. The van der Waals surface area contributed by atoms with Crippen LogP contribution >= 0.6 is 0 Å². The summed E-state index contributed by atoms with van der Waals surface area (Å²) < 4.78 is 5.95. The third kappa shape index (κ3) is 4.53. The monoisotopic (exact) mass is 342 g/mol. The van der Waals surface area contributed by atoms with Crippen LogP contribution in [0, 0.1) is 0 Å². The number of nitrogens with one attached hydrogen (secondary N) is 2. The van der Waals surface area contributed by atoms with Crippen molar-refractivity contribution in [2.24, 2.45) is 0 Å². The molecule has 25 heavy (non-hydrogen) atoms. The average molecular weight is 342 g/mol. The summed E-state index contributed by atoms with van der Waals surface area (Å²) in [6.07, 6.45) is 5.60. The molecule has 1 saturated heterocycles. The van der Waals surface area contributed by atoms with E-state index in [4.69, 9.17) is 4.74 Å². The van der Waals surface area contributed by atoms with Gasteiger partial charge in [-0.1, -0.05) is 12.1 Å². The second kappa shape index (κ2) is 7.17. The van der Waals surface area contributed by atoms with Gasteiger partial charge in [-0.25, -0.2) is 9.78 Å². The van der Waals surface area contributed by atoms with E-state index >= 15 is 0 Å². The van der Waals surface area contributed by atoms with Crippen LogP contribution in [-0.2, 0) is 0 Å². The molecule has 2 N–H and O–H groups in total. The van der Waals surface area contributed by atoms with Gasteiger partial charge >= 0.3 is 6.03 Å². The summed E-state index contributed by atoms with van der Waals surface area (Å²) in [5.74, 6) is 1.90. The number of nitrogens with zero attached hydrogens (tertiary/aromatic N) is 2. The molecule has 2 aromatic rings. The number of ether oxygens (including phenoxy) is 1. The van der Waals surface area contributed by atoms with E-state index in [0.29, 0.717) is 18.0 Å². The fraction of sp³-hybridized carbons (Fsp3) is 0.474. The number of para-hydroxylation sites is 2. The summed E-state index contributed by atoms with van der Waals surface area (Å²) >= 11 is 0. The number of aromatic nitrogens is 2. The summed E-state index contributed by atoms with van der Waals surface area (Å²) in [6, 6.07) is 7.45. The van der Waals surface area contributed by atoms with Crippen LogP contribution in [0.3, 0.4) is 0 Å². The van der Waals surface area contributed by atoms with Gasteiger partial charge in [0.05, 0.1) is 5.69 Å². The molecule has 1 aromatic carbocycles. The van der Waals surface area contributed by atoms with Crippen LogP contribution in [0.25, 0.3) is 0 Å². The van der Waals surface area contributed by atoms with Crippen molar-refractivity contribution < 1.29 is 9.53 Å². The number of amides is 2. The Kier molecular flexibility index (Phi) is 4.97. The van der Waals surface area contributed by atoms with Crippen molar-refractivity contribution in [2.75, 3.05) is 18.4 Å². The molecule has 0 unspecified atom stereocenters. The van der Waals surface area contributed by atoms with Gasteiger partial charge in [-0.2, -0.15) is 0 Å². The molecule has 0 aliphatic carbocycles. The van der Waals surface area contributed by atoms with Crippen molar-refractivity contribution >= 4 is 11.7 Å². The van der Waals surface area contributed by atoms with Gasteiger partial charge in [0.2, 0.25) is 0 Å². The average Bonchev–Trinajstić information content (AvgIpc) is 3.10. The maximum absolute atomic E-state index is 12.7. The summed E-state index contributed by atoms with van der Waals surface area (Å²) in [5, 5.41) is 3.00. The number of carbonyl (C=O) groups is 1. The molecule has 2 amide bonds. The first-order chi connectivity index (χ1) is 11.9. The minimum atomic E-state index is -0.323. The standard InChI is InChI=1S/C19H26N4O2/c1-19(2,3)25-16-9-5-4-8-15(16)22-18(24)23-12-6-7-14(13-23)17-20-10-11-21-17/h4-5,8-11,14H,6-7,12-13H2,1-3H3,(H,20,21)(H,22,24)/t14-/m1/s1. The van der Waals surface area contributed by atoms with E-state index in [1.807, 2.05) is 56.1 Å². The lowest BCUT2D eigenvalue weighted by Gasteiger charge is -2.32. The number of aromatic amines is 1. The van der Waals surface area contributed by atoms with E-state index in [1.165, 1.54) is 0 Å². The van der Waals surface area contributed by atoms with Crippen LogP contribution in [0.15, 0.2) is 36.7 Å². The van der Waals surface area contributed by atoms with Crippen molar-refractivity contribution in [1.82, 2.24) is 14.9 Å². The minimum Gasteiger partial charge on any atom is -0.486 e. The lowest BCUT2D eigenvalue weighted by molar-refractivity contribution is 0.131. The van der Waals surface area contributed by atoms with Gasteiger partial charge in [-0.05, 0) is 45.7 Å². The zero-order chi connectivity index (χ0) is 17.9. The zero-order valence-corrected chi connectivity index (χ0v) is 15.1. The van der Waals surface area contributed by atoms with Crippen LogP contribution in [0.2, 0.25) is 0 Å². The van der Waals surface area contributed by atoms with Gasteiger partial charge in [0.15, 0.2) is 0 Å². The number of H-pyrrole nitrogens is 1. The van der Waals surface area contributed by atoms with Crippen molar-refractivity contribution in [2.45, 2.75) is 45.1 Å². The molecule has 3 rings (SSSR count). The number of piperidine rings is 1. The van der Waals surface area contributed by atoms with Gasteiger partial charge in [-0.3, -0.25) is 0 Å². The van der Waals surface area contributed by atoms with E-state index in [9.17, 15) is 4.79 Å². The third-order valence-electron chi connectivity index (χ3n) is 4.16. The fourth-order valence-corrected chi connectivity index (χ4v) is 3.07. The molecule has 6 heteroatoms. The first-order valence-electron chi connectivity index (χ1n) is 8.75. The number of hydrogen-bond acceptors (Lipinski definition) is 3. The minimum absolute atomic E-state index is 0.0961. The van der Waals surface area contributed by atoms with Crippen molar-refractivity contribution in [3.05, 3.63) is 42.5 Å². The van der Waals surface area contributed by atoms with E-state index in [0.717, 1.165) is 25.2 Å². The highest BCUT2D eigenvalue weighted by atomic mass is 16.5. The highest BCUT2D eigenvalue weighted by molar-refractivity contribution is 5.91. The Bertz CT molecular complexity index is 706. The summed E-state index contributed by atoms with van der Waals surface area (Å²) in [5.41, 5.74) is 0.374. The van der Waals surface area contributed by atoms with Crippen LogP contribution in [0.5, 0.6) is 5.75 Å². The topological polar surface area (TPSA) is 70.2 Å². The second-order valence-electron chi connectivity index (χ2n) is 7.40. The van der Waals surface area contributed by atoms with Gasteiger partial charge in [-0.15, -0.1) is 0 Å². The predicted molar refractivity (Wildman–Crippen MR) is 98.0 cm³/mol. The van der Waals surface area contributed by atoms with E-state index in [-0.39, 0.29) is 17.6 Å². The normalized spacial score (nSPS) is 18.0. The number of carbonyl (C=O) groups excluding carboxylic acids is 1. The Morgan fingerprint density at radius 2 is 2.16 bits per heavy atom. The third-order valence-corrected chi connectivity index (χ3v) is 4.16. The highest BCUT2D eigenvalue weighted by Gasteiger charge is 2.26. The van der Waals surface area contributed by atoms with Crippen molar-refractivity contribution in [3.63, 3.8) is 0 Å². The number of imidazole rings is 1. The number of rotatable bonds is 3. The Morgan fingerprint density at radius 1 is 1.36 bits per heavy atom. The Labute approximate surface area is 148 Å². The number of hydrogen-bond donors (Lipinski definition) is 2. The first-order valence-corrected chi connectivity index (χ1v) is 8.75.